The summed E-state index contributed by atoms with van der Waals surface area (Å²) in [6.07, 6.45) is 2.70. The Bertz CT molecular complexity index is 520. The molecule has 3 atom stereocenters. The van der Waals surface area contributed by atoms with Crippen LogP contribution in [0.25, 0.3) is 0 Å². The summed E-state index contributed by atoms with van der Waals surface area (Å²) in [5, 5.41) is 15.2. The first kappa shape index (κ1) is 18.3. The van der Waals surface area contributed by atoms with Crippen molar-refractivity contribution in [3.05, 3.63) is 33.3 Å². The van der Waals surface area contributed by atoms with E-state index in [0.717, 1.165) is 30.8 Å². The van der Waals surface area contributed by atoms with Crippen molar-refractivity contribution < 1.29 is 5.11 Å². The lowest BCUT2D eigenvalue weighted by Crippen LogP contribution is -2.40. The van der Waals surface area contributed by atoms with Crippen LogP contribution >= 0.6 is 35.6 Å². The first-order chi connectivity index (χ1) is 10.1. The Balaban J connectivity index is 0.00000176. The van der Waals surface area contributed by atoms with Gasteiger partial charge in [-0.1, -0.05) is 23.2 Å². The van der Waals surface area contributed by atoms with Crippen LogP contribution in [0.4, 0.5) is 0 Å². The number of nitrogens with one attached hydrogen (secondary N) is 1. The van der Waals surface area contributed by atoms with Crippen LogP contribution < -0.4 is 5.32 Å². The van der Waals surface area contributed by atoms with Crippen molar-refractivity contribution in [2.75, 3.05) is 26.7 Å². The molecule has 0 radical (unpaired) electrons. The van der Waals surface area contributed by atoms with E-state index in [0.29, 0.717) is 22.4 Å². The van der Waals surface area contributed by atoms with Crippen LogP contribution in [-0.4, -0.2) is 42.8 Å². The highest BCUT2D eigenvalue weighted by atomic mass is 35.5. The van der Waals surface area contributed by atoms with E-state index < -0.39 is 6.10 Å². The highest BCUT2D eigenvalue weighted by molar-refractivity contribution is 6.35. The molecule has 0 bridgehead atoms. The van der Waals surface area contributed by atoms with Crippen LogP contribution in [0.5, 0.6) is 0 Å². The van der Waals surface area contributed by atoms with E-state index in [-0.39, 0.29) is 18.4 Å². The van der Waals surface area contributed by atoms with E-state index in [1.165, 1.54) is 12.8 Å². The van der Waals surface area contributed by atoms with Gasteiger partial charge >= 0.3 is 0 Å². The zero-order valence-electron chi connectivity index (χ0n) is 12.7. The van der Waals surface area contributed by atoms with Crippen LogP contribution in [0.3, 0.4) is 0 Å². The van der Waals surface area contributed by atoms with Gasteiger partial charge < -0.3 is 10.4 Å². The van der Waals surface area contributed by atoms with E-state index in [1.807, 2.05) is 6.07 Å². The summed E-state index contributed by atoms with van der Waals surface area (Å²) in [4.78, 5) is 2.26. The van der Waals surface area contributed by atoms with Gasteiger partial charge in [0.15, 0.2) is 0 Å². The molecule has 3 unspecified atom stereocenters. The zero-order valence-corrected chi connectivity index (χ0v) is 15.0. The van der Waals surface area contributed by atoms with Crippen molar-refractivity contribution in [1.82, 2.24) is 10.2 Å². The Labute approximate surface area is 148 Å². The summed E-state index contributed by atoms with van der Waals surface area (Å²) in [5.41, 5.74) is 2.14. The van der Waals surface area contributed by atoms with E-state index in [9.17, 15) is 5.11 Å². The minimum Gasteiger partial charge on any atom is -0.391 e. The molecule has 22 heavy (non-hydrogen) atoms. The molecule has 1 aliphatic heterocycles. The minimum absolute atomic E-state index is 0. The second kappa shape index (κ2) is 7.69. The van der Waals surface area contributed by atoms with E-state index >= 15 is 0 Å². The van der Waals surface area contributed by atoms with Gasteiger partial charge in [0.05, 0.1) is 12.1 Å². The molecule has 3 nitrogen and oxygen atoms in total. The van der Waals surface area contributed by atoms with Crippen molar-refractivity contribution in [1.29, 1.82) is 0 Å². The fourth-order valence-corrected chi connectivity index (χ4v) is 4.35. The summed E-state index contributed by atoms with van der Waals surface area (Å²) in [6, 6.07) is 3.72. The molecule has 1 saturated heterocycles. The Morgan fingerprint density at radius 1 is 1.36 bits per heavy atom. The molecule has 0 aromatic heterocycles. The Morgan fingerprint density at radius 2 is 2.14 bits per heavy atom. The summed E-state index contributed by atoms with van der Waals surface area (Å²) >= 11 is 12.4. The number of benzene rings is 1. The third-order valence-electron chi connectivity index (χ3n) is 4.71. The molecule has 1 fully saturated rings. The van der Waals surface area contributed by atoms with Gasteiger partial charge in [0.1, 0.15) is 0 Å². The van der Waals surface area contributed by atoms with Crippen LogP contribution in [0, 0.1) is 5.92 Å². The second-order valence-electron chi connectivity index (χ2n) is 6.32. The molecular formula is C16H23Cl3N2O. The van der Waals surface area contributed by atoms with Gasteiger partial charge in [0.2, 0.25) is 0 Å². The van der Waals surface area contributed by atoms with Crippen LogP contribution in [-0.2, 0) is 6.42 Å². The number of piperidine rings is 1. The van der Waals surface area contributed by atoms with Gasteiger partial charge in [0.25, 0.3) is 0 Å². The average molecular weight is 366 g/mol. The van der Waals surface area contributed by atoms with Crippen molar-refractivity contribution in [2.45, 2.75) is 31.4 Å². The Morgan fingerprint density at radius 3 is 2.82 bits per heavy atom. The molecule has 1 heterocycles. The summed E-state index contributed by atoms with van der Waals surface area (Å²) < 4.78 is 0. The van der Waals surface area contributed by atoms with Crippen LogP contribution in [0.15, 0.2) is 12.1 Å². The number of hydrogen-bond donors (Lipinski definition) is 2. The molecule has 1 aromatic carbocycles. The SMILES string of the molecule is CN(CC1CCCNC1)C1c2cc(Cl)cc(Cl)c2CC1O.Cl. The van der Waals surface area contributed by atoms with Gasteiger partial charge in [0, 0.05) is 23.0 Å². The highest BCUT2D eigenvalue weighted by Gasteiger charge is 2.36. The van der Waals surface area contributed by atoms with Crippen molar-refractivity contribution >= 4 is 35.6 Å². The maximum atomic E-state index is 10.5. The van der Waals surface area contributed by atoms with Crippen molar-refractivity contribution in [3.63, 3.8) is 0 Å². The lowest BCUT2D eigenvalue weighted by molar-refractivity contribution is 0.0649. The van der Waals surface area contributed by atoms with Crippen LogP contribution in [0.2, 0.25) is 10.0 Å². The fourth-order valence-electron chi connectivity index (χ4n) is 3.76. The van der Waals surface area contributed by atoms with E-state index in [4.69, 9.17) is 23.2 Å². The smallest absolute Gasteiger partial charge is 0.0777 e. The molecule has 6 heteroatoms. The fraction of sp³-hybridized carbons (Fsp3) is 0.625. The molecule has 0 amide bonds. The maximum Gasteiger partial charge on any atom is 0.0777 e. The van der Waals surface area contributed by atoms with E-state index in [1.54, 1.807) is 6.07 Å². The van der Waals surface area contributed by atoms with E-state index in [2.05, 4.69) is 17.3 Å². The monoisotopic (exact) mass is 364 g/mol. The second-order valence-corrected chi connectivity index (χ2v) is 7.17. The molecule has 1 aromatic rings. The molecule has 3 rings (SSSR count). The third-order valence-corrected chi connectivity index (χ3v) is 5.27. The maximum absolute atomic E-state index is 10.5. The molecule has 1 aliphatic carbocycles. The largest absolute Gasteiger partial charge is 0.391 e. The number of hydrogen-bond acceptors (Lipinski definition) is 3. The highest BCUT2D eigenvalue weighted by Crippen LogP contribution is 2.41. The number of aliphatic hydroxyl groups is 1. The molecular weight excluding hydrogens is 343 g/mol. The molecule has 2 N–H and O–H groups in total. The van der Waals surface area contributed by atoms with Crippen LogP contribution in [0.1, 0.15) is 30.0 Å². The summed E-state index contributed by atoms with van der Waals surface area (Å²) in [6.45, 7) is 3.18. The van der Waals surface area contributed by atoms with Crippen molar-refractivity contribution in [2.24, 2.45) is 5.92 Å². The predicted octanol–water partition coefficient (Wildman–Crippen LogP) is 3.30. The number of fused-ring (bicyclic) bond motifs is 1. The lowest BCUT2D eigenvalue weighted by Gasteiger charge is -2.33. The molecule has 0 saturated carbocycles. The lowest BCUT2D eigenvalue weighted by atomic mass is 9.97. The Hall–Kier alpha value is -0.0300. The quantitative estimate of drug-likeness (QED) is 0.862. The van der Waals surface area contributed by atoms with Gasteiger partial charge in [-0.3, -0.25) is 4.90 Å². The number of aliphatic hydroxyl groups excluding tert-OH is 1. The number of nitrogens with zero attached hydrogens (tertiary/aromatic N) is 1. The zero-order chi connectivity index (χ0) is 15.0. The van der Waals surface area contributed by atoms with Crippen molar-refractivity contribution in [3.8, 4) is 0 Å². The van der Waals surface area contributed by atoms with Gasteiger partial charge in [-0.2, -0.15) is 0 Å². The summed E-state index contributed by atoms with van der Waals surface area (Å²) in [7, 11) is 2.09. The number of rotatable bonds is 3. The molecule has 124 valence electrons. The van der Waals surface area contributed by atoms with Gasteiger partial charge in [-0.05, 0) is 62.2 Å². The number of halogens is 3. The molecule has 2 aliphatic rings. The Kier molecular flexibility index (Phi) is 6.40. The minimum atomic E-state index is -0.405. The van der Waals surface area contributed by atoms with Gasteiger partial charge in [-0.25, -0.2) is 0 Å². The summed E-state index contributed by atoms with van der Waals surface area (Å²) in [5.74, 6) is 0.648. The number of likely N-dealkylation sites (N-methyl/N-ethyl adjacent to an activating group) is 1. The topological polar surface area (TPSA) is 35.5 Å². The van der Waals surface area contributed by atoms with Gasteiger partial charge in [-0.15, -0.1) is 12.4 Å². The predicted molar refractivity (Wildman–Crippen MR) is 94.4 cm³/mol. The average Bonchev–Trinajstić information content (AvgIpc) is 2.76. The first-order valence-corrected chi connectivity index (χ1v) is 8.38. The first-order valence-electron chi connectivity index (χ1n) is 7.63. The normalized spacial score (nSPS) is 27.6. The molecule has 0 spiro atoms. The third kappa shape index (κ3) is 3.72. The standard InChI is InChI=1S/C16H22Cl2N2O.ClH/c1-20(9-10-3-2-4-19-8-10)16-13-5-11(17)6-14(18)12(13)7-15(16)21;/h5-6,10,15-16,19,21H,2-4,7-9H2,1H3;1H.